The molecular weight excluding hydrogens is 130 g/mol. The van der Waals surface area contributed by atoms with Crippen LogP contribution < -0.4 is 0 Å². The molecule has 0 N–H and O–H groups in total. The highest BCUT2D eigenvalue weighted by Crippen LogP contribution is 2.06. The molecule has 2 heteroatoms. The minimum Gasteiger partial charge on any atom is -0.192 e. The van der Waals surface area contributed by atoms with E-state index < -0.39 is 0 Å². The Hall–Kier alpha value is -1.07. The molecule has 0 aliphatic heterocycles. The fraction of sp³-hybridized carbons (Fsp3) is 0. The van der Waals surface area contributed by atoms with Crippen molar-refractivity contribution < 1.29 is 0 Å². The van der Waals surface area contributed by atoms with E-state index in [1.165, 1.54) is 0 Å². The molecule has 1 aromatic carbocycles. The molecule has 0 aliphatic rings. The van der Waals surface area contributed by atoms with Crippen LogP contribution in [0.3, 0.4) is 0 Å². The molecule has 0 atom stereocenters. The van der Waals surface area contributed by atoms with E-state index in [4.69, 9.17) is 17.9 Å². The van der Waals surface area contributed by atoms with Crippen LogP contribution in [0.4, 0.5) is 0 Å². The van der Waals surface area contributed by atoms with Gasteiger partial charge in [-0.25, -0.2) is 0 Å². The molecule has 0 saturated carbocycles. The van der Waals surface area contributed by atoms with Gasteiger partial charge in [0.05, 0.1) is 11.6 Å². The molecule has 0 amide bonds. The van der Waals surface area contributed by atoms with Crippen LogP contribution in [0.15, 0.2) is 29.2 Å². The maximum absolute atomic E-state index is 8.37. The monoisotopic (exact) mass is 134 g/mol. The average molecular weight is 134 g/mol. The normalized spacial score (nSPS) is 8.33. The summed E-state index contributed by atoms with van der Waals surface area (Å²) >= 11 is 4.81. The van der Waals surface area contributed by atoms with Gasteiger partial charge in [0, 0.05) is 4.90 Å². The first-order chi connectivity index (χ1) is 4.33. The van der Waals surface area contributed by atoms with E-state index in [1.54, 1.807) is 24.3 Å². The number of rotatable bonds is 0. The summed E-state index contributed by atoms with van der Waals surface area (Å²) in [5.41, 5.74) is 0.627. The second-order valence-electron chi connectivity index (χ2n) is 1.64. The predicted octanol–water partition coefficient (Wildman–Crippen LogP) is 2.11. The smallest absolute Gasteiger partial charge is 0.0992 e. The van der Waals surface area contributed by atoms with Gasteiger partial charge in [-0.15, -0.1) is 0 Å². The van der Waals surface area contributed by atoms with Crippen molar-refractivity contribution in [3.63, 3.8) is 0 Å². The van der Waals surface area contributed by atoms with E-state index in [0.29, 0.717) is 10.5 Å². The van der Waals surface area contributed by atoms with Gasteiger partial charge in [-0.3, -0.25) is 0 Å². The largest absolute Gasteiger partial charge is 0.192 e. The summed E-state index contributed by atoms with van der Waals surface area (Å²) in [7, 11) is 0. The Morgan fingerprint density at radius 2 is 2.22 bits per heavy atom. The summed E-state index contributed by atoms with van der Waals surface area (Å²) < 4.78 is 0. The maximum atomic E-state index is 8.37. The van der Waals surface area contributed by atoms with Gasteiger partial charge in [0.25, 0.3) is 0 Å². The van der Waals surface area contributed by atoms with Gasteiger partial charge in [0.15, 0.2) is 0 Å². The molecule has 43 valence electrons. The fourth-order valence-corrected chi connectivity index (χ4v) is 0.771. The van der Waals surface area contributed by atoms with Crippen molar-refractivity contribution in [2.24, 2.45) is 0 Å². The van der Waals surface area contributed by atoms with E-state index in [-0.39, 0.29) is 0 Å². The summed E-state index contributed by atoms with van der Waals surface area (Å²) in [6.07, 6.45) is 0. The van der Waals surface area contributed by atoms with Gasteiger partial charge in [0.2, 0.25) is 0 Å². The van der Waals surface area contributed by atoms with Crippen molar-refractivity contribution in [2.75, 3.05) is 0 Å². The zero-order valence-electron chi connectivity index (χ0n) is 4.66. The second kappa shape index (κ2) is 2.47. The van der Waals surface area contributed by atoms with Crippen molar-refractivity contribution >= 4 is 12.6 Å². The molecule has 0 bridgehead atoms. The van der Waals surface area contributed by atoms with Crippen molar-refractivity contribution in [1.82, 2.24) is 0 Å². The number of nitrogens with zero attached hydrogens (tertiary/aromatic N) is 1. The average Bonchev–Trinajstić information content (AvgIpc) is 1.88. The molecule has 0 spiro atoms. The molecule has 1 rings (SSSR count). The van der Waals surface area contributed by atoms with Crippen LogP contribution in [0.25, 0.3) is 0 Å². The van der Waals surface area contributed by atoms with E-state index in [1.807, 2.05) is 6.07 Å². The van der Waals surface area contributed by atoms with E-state index in [9.17, 15) is 0 Å². The Morgan fingerprint density at radius 1 is 1.44 bits per heavy atom. The third kappa shape index (κ3) is 1.41. The van der Waals surface area contributed by atoms with Gasteiger partial charge < -0.3 is 0 Å². The van der Waals surface area contributed by atoms with Crippen molar-refractivity contribution in [2.45, 2.75) is 4.90 Å². The zero-order chi connectivity index (χ0) is 6.69. The highest BCUT2D eigenvalue weighted by molar-refractivity contribution is 7.80. The molecule has 1 radical (unpaired) electrons. The summed E-state index contributed by atoms with van der Waals surface area (Å²) in [6, 6.07) is 8.98. The number of benzene rings is 1. The molecule has 9 heavy (non-hydrogen) atoms. The third-order valence-corrected chi connectivity index (χ3v) is 1.22. The molecule has 0 aliphatic carbocycles. The van der Waals surface area contributed by atoms with Crippen LogP contribution >= 0.6 is 12.6 Å². The van der Waals surface area contributed by atoms with Crippen LogP contribution in [0.5, 0.6) is 0 Å². The Morgan fingerprint density at radius 3 is 2.67 bits per heavy atom. The van der Waals surface area contributed by atoms with Gasteiger partial charge in [0.1, 0.15) is 0 Å². The first kappa shape index (κ1) is 6.06. The van der Waals surface area contributed by atoms with Gasteiger partial charge in [-0.1, -0.05) is 18.7 Å². The van der Waals surface area contributed by atoms with Crippen molar-refractivity contribution in [3.8, 4) is 6.07 Å². The van der Waals surface area contributed by atoms with Gasteiger partial charge >= 0.3 is 0 Å². The fourth-order valence-electron chi connectivity index (χ4n) is 0.566. The number of hydrogen-bond donors (Lipinski definition) is 0. The summed E-state index contributed by atoms with van der Waals surface area (Å²) in [5, 5.41) is 8.37. The lowest BCUT2D eigenvalue weighted by Gasteiger charge is -1.86. The highest BCUT2D eigenvalue weighted by atomic mass is 32.1. The second-order valence-corrected chi connectivity index (χ2v) is 2.11. The van der Waals surface area contributed by atoms with Gasteiger partial charge in [-0.2, -0.15) is 5.26 Å². The maximum Gasteiger partial charge on any atom is 0.0992 e. The number of nitriles is 1. The van der Waals surface area contributed by atoms with Crippen molar-refractivity contribution in [3.05, 3.63) is 29.8 Å². The lowest BCUT2D eigenvalue weighted by molar-refractivity contribution is 1.41. The minimum atomic E-state index is 0.627. The third-order valence-electron chi connectivity index (χ3n) is 0.963. The Bertz CT molecular complexity index is 249. The zero-order valence-corrected chi connectivity index (χ0v) is 5.48. The minimum absolute atomic E-state index is 0.627. The van der Waals surface area contributed by atoms with E-state index in [2.05, 4.69) is 0 Å². The Kier molecular flexibility index (Phi) is 1.66. The summed E-state index contributed by atoms with van der Waals surface area (Å²) in [4.78, 5) is 0.717. The van der Waals surface area contributed by atoms with E-state index in [0.717, 1.165) is 0 Å². The number of hydrogen-bond acceptors (Lipinski definition) is 1. The van der Waals surface area contributed by atoms with Crippen LogP contribution in [0.1, 0.15) is 5.56 Å². The standard InChI is InChI=1S/C7H4NS/c8-5-6-2-1-3-7(9)4-6/h1-4H. The molecule has 1 aromatic rings. The van der Waals surface area contributed by atoms with Gasteiger partial charge in [-0.05, 0) is 18.2 Å². The molecule has 0 saturated heterocycles. The highest BCUT2D eigenvalue weighted by Gasteiger charge is 1.87. The van der Waals surface area contributed by atoms with Crippen LogP contribution in [-0.4, -0.2) is 0 Å². The molecule has 0 unspecified atom stereocenters. The van der Waals surface area contributed by atoms with Crippen LogP contribution in [0.2, 0.25) is 0 Å². The molecule has 1 nitrogen and oxygen atoms in total. The molecule has 0 fully saturated rings. The quantitative estimate of drug-likeness (QED) is 0.533. The first-order valence-corrected chi connectivity index (χ1v) is 2.91. The molecular formula is C7H4NS. The van der Waals surface area contributed by atoms with Crippen molar-refractivity contribution in [1.29, 1.82) is 5.26 Å². The Balaban J connectivity index is 3.12. The predicted molar refractivity (Wildman–Crippen MR) is 37.0 cm³/mol. The topological polar surface area (TPSA) is 23.8 Å². The lowest BCUT2D eigenvalue weighted by Crippen LogP contribution is -1.70. The Labute approximate surface area is 59.3 Å². The summed E-state index contributed by atoms with van der Waals surface area (Å²) in [5.74, 6) is 0. The SMILES string of the molecule is N#Cc1cccc([S])c1. The summed E-state index contributed by atoms with van der Waals surface area (Å²) in [6.45, 7) is 0. The van der Waals surface area contributed by atoms with Crippen LogP contribution in [-0.2, 0) is 0 Å². The molecule has 0 aromatic heterocycles. The molecule has 0 heterocycles. The van der Waals surface area contributed by atoms with Crippen LogP contribution in [0, 0.1) is 11.3 Å². The lowest BCUT2D eigenvalue weighted by atomic mass is 10.2. The first-order valence-electron chi connectivity index (χ1n) is 2.50. The van der Waals surface area contributed by atoms with E-state index >= 15 is 0 Å².